The number of hydrogen-bond acceptors (Lipinski definition) is 17. The topological polar surface area (TPSA) is 237 Å². The van der Waals surface area contributed by atoms with E-state index in [9.17, 15) is 39.3 Å². The van der Waals surface area contributed by atoms with Crippen LogP contribution in [0.4, 0.5) is 4.79 Å². The number of rotatable bonds is 13. The molecule has 11 atom stereocenters. The fraction of sp³-hybridized carbons (Fsp3) is 0.615. The molecule has 18 nitrogen and oxygen atoms in total. The molecule has 4 fully saturated rings. The molecule has 2 aromatic rings. The van der Waals surface area contributed by atoms with E-state index in [2.05, 4.69) is 22.2 Å². The molecule has 2 aliphatic heterocycles. The summed E-state index contributed by atoms with van der Waals surface area (Å²) in [5.74, 6) is -6.06. The van der Waals surface area contributed by atoms with Gasteiger partial charge in [-0.2, -0.15) is 0 Å². The van der Waals surface area contributed by atoms with Gasteiger partial charge >= 0.3 is 30.0 Å². The van der Waals surface area contributed by atoms with Crippen LogP contribution in [0.5, 0.6) is 0 Å². The number of amides is 1. The zero-order chi connectivity index (χ0) is 51.1. The van der Waals surface area contributed by atoms with Crippen molar-refractivity contribution in [3.63, 3.8) is 0 Å². The minimum atomic E-state index is -2.41. The number of hydrogen-bond donors (Lipinski definition) is 4. The molecule has 5 aliphatic rings. The van der Waals surface area contributed by atoms with E-state index in [4.69, 9.17) is 28.4 Å². The number of alkyl carbamates (subject to hydrolysis) is 1. The molecular formula is C52H69N3O15. The zero-order valence-corrected chi connectivity index (χ0v) is 41.6. The fourth-order valence-corrected chi connectivity index (χ4v) is 11.4. The predicted molar refractivity (Wildman–Crippen MR) is 251 cm³/mol. The van der Waals surface area contributed by atoms with Crippen molar-refractivity contribution in [3.8, 4) is 0 Å². The highest BCUT2D eigenvalue weighted by molar-refractivity contribution is 5.94. The molecule has 1 amide bonds. The monoisotopic (exact) mass is 975 g/mol. The number of carbonyl (C=O) groups excluding carboxylic acids is 6. The molecule has 2 heterocycles. The highest BCUT2D eigenvalue weighted by atomic mass is 16.6. The first kappa shape index (κ1) is 52.6. The van der Waals surface area contributed by atoms with Gasteiger partial charge in [-0.15, -0.1) is 0 Å². The summed E-state index contributed by atoms with van der Waals surface area (Å²) >= 11 is 0. The van der Waals surface area contributed by atoms with Crippen LogP contribution < -0.4 is 5.32 Å². The Hall–Kier alpha value is -5.24. The Morgan fingerprint density at radius 1 is 0.929 bits per heavy atom. The van der Waals surface area contributed by atoms with Gasteiger partial charge < -0.3 is 58.9 Å². The van der Waals surface area contributed by atoms with E-state index in [1.54, 1.807) is 83.1 Å². The zero-order valence-electron chi connectivity index (χ0n) is 41.6. The van der Waals surface area contributed by atoms with Crippen molar-refractivity contribution < 1.29 is 72.5 Å². The van der Waals surface area contributed by atoms with E-state index in [1.165, 1.54) is 32.9 Å². The SMILES string of the molecule is CC(=O)O[C@@]12CO[C@@H]1C[C@H](OC(=O)CCCN1CCN(C)CC1)[C@@]1(C)C(=O)[C@H](O)C3=C(C)[C@@H](OC(=O)[C@H](O)[C@@H](NC(=O)OC(C)(C)C)c4ccccc4)C[C@@](O)([C@@H](OC(=O)c4ccccc4)C12)C3(C)C. The fourth-order valence-electron chi connectivity index (χ4n) is 11.4. The quantitative estimate of drug-likeness (QED) is 0.127. The molecule has 70 heavy (non-hydrogen) atoms. The number of aliphatic hydroxyl groups excluding tert-OH is 2. The number of aliphatic hydroxyl groups is 3. The van der Waals surface area contributed by atoms with Crippen molar-refractivity contribution in [1.29, 1.82) is 0 Å². The first-order valence-corrected chi connectivity index (χ1v) is 24.1. The Bertz CT molecular complexity index is 2330. The normalized spacial score (nSPS) is 31.7. The molecule has 2 bridgehead atoms. The summed E-state index contributed by atoms with van der Waals surface area (Å²) in [5, 5.41) is 40.8. The molecule has 2 saturated carbocycles. The smallest absolute Gasteiger partial charge is 0.408 e. The lowest BCUT2D eigenvalue weighted by atomic mass is 9.44. The third kappa shape index (κ3) is 9.99. The van der Waals surface area contributed by atoms with Crippen molar-refractivity contribution in [1.82, 2.24) is 15.1 Å². The third-order valence-electron chi connectivity index (χ3n) is 15.3. The third-order valence-corrected chi connectivity index (χ3v) is 15.3. The largest absolute Gasteiger partial charge is 0.461 e. The number of ether oxygens (including phenoxy) is 6. The average Bonchev–Trinajstić information content (AvgIpc) is 3.29. The number of esters is 4. The van der Waals surface area contributed by atoms with Crippen LogP contribution in [0.25, 0.3) is 0 Å². The molecule has 4 N–H and O–H groups in total. The molecule has 3 aliphatic carbocycles. The first-order chi connectivity index (χ1) is 32.8. The van der Waals surface area contributed by atoms with Gasteiger partial charge in [-0.05, 0) is 83.5 Å². The van der Waals surface area contributed by atoms with Crippen LogP contribution in [-0.4, -0.2) is 161 Å². The molecule has 2 saturated heterocycles. The van der Waals surface area contributed by atoms with Gasteiger partial charge in [0.15, 0.2) is 17.5 Å². The number of ketones is 1. The highest BCUT2D eigenvalue weighted by Crippen LogP contribution is 2.64. The number of nitrogens with zero attached hydrogens (tertiary/aromatic N) is 2. The Morgan fingerprint density at radius 3 is 2.14 bits per heavy atom. The standard InChI is InChI=1S/C52H69N3O15/c1-30-34(66-46(62)41(59)39(32-17-12-10-13-18-32)53-47(63)70-48(3,4)5)28-52(64)44(68-45(61)33-19-14-11-15-20-33)42-50(8,43(60)40(58)38(30)49(52,6)7)35(27-36-51(42,29-65-36)69-31(2)56)67-37(57)21-16-22-55-25-23-54(9)24-26-55/h10-15,17-20,34-36,39-42,44,58-59,64H,16,21-29H2,1-9H3,(H,53,63)/t34-,35-,36+,39-,40+,41+,42?,44-,50+,51-,52+/m0/s1. The van der Waals surface area contributed by atoms with Crippen LogP contribution in [0.3, 0.4) is 0 Å². The minimum Gasteiger partial charge on any atom is -0.461 e. The second-order valence-corrected chi connectivity index (χ2v) is 21.3. The molecule has 2 aromatic carbocycles. The van der Waals surface area contributed by atoms with Crippen molar-refractivity contribution in [2.24, 2.45) is 16.7 Å². The van der Waals surface area contributed by atoms with Crippen LogP contribution >= 0.6 is 0 Å². The molecule has 18 heteroatoms. The van der Waals surface area contributed by atoms with Gasteiger partial charge in [0.1, 0.15) is 41.7 Å². The molecular weight excluding hydrogens is 907 g/mol. The van der Waals surface area contributed by atoms with E-state index < -0.39 is 118 Å². The van der Waals surface area contributed by atoms with Crippen LogP contribution in [0, 0.1) is 16.7 Å². The Balaban J connectivity index is 1.32. The van der Waals surface area contributed by atoms with Crippen molar-refractivity contribution in [3.05, 3.63) is 82.9 Å². The molecule has 0 aromatic heterocycles. The lowest BCUT2D eigenvalue weighted by Gasteiger charge is -2.67. The van der Waals surface area contributed by atoms with Gasteiger partial charge in [0.2, 0.25) is 0 Å². The van der Waals surface area contributed by atoms with Crippen molar-refractivity contribution in [2.75, 3.05) is 46.4 Å². The van der Waals surface area contributed by atoms with Crippen LogP contribution in [0.15, 0.2) is 71.8 Å². The average molecular weight is 976 g/mol. The van der Waals surface area contributed by atoms with E-state index in [-0.39, 0.29) is 36.2 Å². The summed E-state index contributed by atoms with van der Waals surface area (Å²) in [6.07, 6.45) is -11.1. The Morgan fingerprint density at radius 2 is 1.56 bits per heavy atom. The minimum absolute atomic E-state index is 0.00802. The van der Waals surface area contributed by atoms with E-state index >= 15 is 4.79 Å². The number of nitrogens with one attached hydrogen (secondary N) is 1. The van der Waals surface area contributed by atoms with Crippen LogP contribution in [-0.2, 0) is 47.6 Å². The maximum absolute atomic E-state index is 15.7. The number of carbonyl (C=O) groups is 6. The number of piperazine rings is 1. The van der Waals surface area contributed by atoms with E-state index in [0.717, 1.165) is 26.2 Å². The second-order valence-electron chi connectivity index (χ2n) is 21.3. The lowest BCUT2D eigenvalue weighted by molar-refractivity contribution is -0.346. The first-order valence-electron chi connectivity index (χ1n) is 24.1. The van der Waals surface area contributed by atoms with Gasteiger partial charge in [-0.3, -0.25) is 14.4 Å². The number of fused-ring (bicyclic) bond motifs is 5. The summed E-state index contributed by atoms with van der Waals surface area (Å²) in [6.45, 7) is 16.0. The van der Waals surface area contributed by atoms with Crippen LogP contribution in [0.2, 0.25) is 0 Å². The van der Waals surface area contributed by atoms with Crippen molar-refractivity contribution in [2.45, 2.75) is 141 Å². The van der Waals surface area contributed by atoms with Crippen LogP contribution in [0.1, 0.15) is 103 Å². The maximum atomic E-state index is 15.7. The number of Topliss-reactive ketones (excluding diaryl/α,β-unsaturated/α-hetero) is 1. The second kappa shape index (κ2) is 20.1. The summed E-state index contributed by atoms with van der Waals surface area (Å²) < 4.78 is 36.6. The van der Waals surface area contributed by atoms with Gasteiger partial charge in [0.25, 0.3) is 0 Å². The molecule has 0 radical (unpaired) electrons. The lowest BCUT2D eigenvalue weighted by Crippen LogP contribution is -2.82. The maximum Gasteiger partial charge on any atom is 0.408 e. The highest BCUT2D eigenvalue weighted by Gasteiger charge is 2.78. The summed E-state index contributed by atoms with van der Waals surface area (Å²) in [7, 11) is 2.05. The molecule has 382 valence electrons. The van der Waals surface area contributed by atoms with Gasteiger partial charge in [0.05, 0.1) is 29.5 Å². The van der Waals surface area contributed by atoms with Gasteiger partial charge in [-0.25, -0.2) is 14.4 Å². The summed E-state index contributed by atoms with van der Waals surface area (Å²) in [6, 6.07) is 14.7. The summed E-state index contributed by atoms with van der Waals surface area (Å²) in [5.41, 5.74) is -8.40. The molecule has 0 spiro atoms. The Kier molecular flexibility index (Phi) is 15.1. The molecule has 1 unspecified atom stereocenters. The Labute approximate surface area is 408 Å². The number of benzene rings is 2. The van der Waals surface area contributed by atoms with E-state index in [0.29, 0.717) is 18.5 Å². The summed E-state index contributed by atoms with van der Waals surface area (Å²) in [4.78, 5) is 89.4. The number of likely N-dealkylation sites (N-methyl/N-ethyl adjacent to an activating group) is 1. The molecule has 7 rings (SSSR count). The van der Waals surface area contributed by atoms with Gasteiger partial charge in [0, 0.05) is 57.8 Å². The van der Waals surface area contributed by atoms with Crippen molar-refractivity contribution >= 4 is 35.8 Å². The van der Waals surface area contributed by atoms with Gasteiger partial charge in [-0.1, -0.05) is 62.4 Å². The predicted octanol–water partition coefficient (Wildman–Crippen LogP) is 3.84. The van der Waals surface area contributed by atoms with E-state index in [1.807, 2.05) is 0 Å².